The summed E-state index contributed by atoms with van der Waals surface area (Å²) in [5.41, 5.74) is 2.29. The van der Waals surface area contributed by atoms with E-state index in [0.29, 0.717) is 18.8 Å². The van der Waals surface area contributed by atoms with Gasteiger partial charge < -0.3 is 4.57 Å². The van der Waals surface area contributed by atoms with Crippen molar-refractivity contribution < 1.29 is 8.42 Å². The molecule has 0 unspecified atom stereocenters. The number of rotatable bonds is 4. The second-order valence-electron chi connectivity index (χ2n) is 7.16. The normalized spacial score (nSPS) is 18.9. The number of para-hydroxylation sites is 1. The Balaban J connectivity index is 1.62. The van der Waals surface area contributed by atoms with Gasteiger partial charge in [-0.1, -0.05) is 31.0 Å². The number of hydrogen-bond acceptors (Lipinski definition) is 3. The topological polar surface area (TPSA) is 67.2 Å². The number of anilines is 1. The van der Waals surface area contributed by atoms with Crippen LogP contribution in [0, 0.1) is 0 Å². The van der Waals surface area contributed by atoms with Crippen LogP contribution in [0.4, 0.5) is 5.69 Å². The number of nitrogens with one attached hydrogen (secondary N) is 1. The molecule has 0 radical (unpaired) electrons. The molecule has 2 aliphatic rings. The summed E-state index contributed by atoms with van der Waals surface area (Å²) in [5.74, 6) is 1.09. The van der Waals surface area contributed by atoms with Crippen LogP contribution in [-0.2, 0) is 23.2 Å². The Hall–Kier alpha value is -1.86. The van der Waals surface area contributed by atoms with Gasteiger partial charge in [-0.05, 0) is 31.7 Å². The van der Waals surface area contributed by atoms with Crippen LogP contribution in [0.5, 0.6) is 0 Å². The molecule has 2 aliphatic heterocycles. The number of fused-ring (bicyclic) bond motifs is 1. The van der Waals surface area contributed by atoms with Crippen LogP contribution in [0.15, 0.2) is 30.5 Å². The minimum atomic E-state index is -3.54. The zero-order valence-electron chi connectivity index (χ0n) is 15.0. The van der Waals surface area contributed by atoms with E-state index in [1.165, 1.54) is 12.8 Å². The summed E-state index contributed by atoms with van der Waals surface area (Å²) >= 11 is 0. The van der Waals surface area contributed by atoms with Crippen LogP contribution in [0.3, 0.4) is 0 Å². The molecule has 140 valence electrons. The van der Waals surface area contributed by atoms with Gasteiger partial charge in [-0.2, -0.15) is 12.7 Å². The molecular weight excluding hydrogens is 348 g/mol. The van der Waals surface area contributed by atoms with Crippen molar-refractivity contribution in [2.75, 3.05) is 17.8 Å². The molecule has 26 heavy (non-hydrogen) atoms. The molecule has 0 amide bonds. The van der Waals surface area contributed by atoms with Gasteiger partial charge in [0.15, 0.2) is 0 Å². The SMILES string of the molecule is O=S(=O)(Nc1ccccc1-c1cn2c(n1)CCCC2)N1CCCCCC1. The minimum Gasteiger partial charge on any atom is -0.334 e. The molecule has 1 aromatic heterocycles. The Labute approximate surface area is 155 Å². The third-order valence-electron chi connectivity index (χ3n) is 5.26. The minimum absolute atomic E-state index is 0.594. The van der Waals surface area contributed by atoms with Gasteiger partial charge in [-0.25, -0.2) is 4.98 Å². The Kier molecular flexibility index (Phi) is 5.00. The van der Waals surface area contributed by atoms with Crippen LogP contribution >= 0.6 is 0 Å². The van der Waals surface area contributed by atoms with Gasteiger partial charge in [-0.15, -0.1) is 0 Å². The van der Waals surface area contributed by atoms with E-state index in [1.54, 1.807) is 4.31 Å². The highest BCUT2D eigenvalue weighted by atomic mass is 32.2. The first-order chi connectivity index (χ1) is 12.6. The molecule has 0 spiro atoms. The maximum absolute atomic E-state index is 12.9. The zero-order valence-corrected chi connectivity index (χ0v) is 15.8. The number of nitrogens with zero attached hydrogens (tertiary/aromatic N) is 3. The highest BCUT2D eigenvalue weighted by Gasteiger charge is 2.24. The summed E-state index contributed by atoms with van der Waals surface area (Å²) in [6.07, 6.45) is 9.43. The maximum atomic E-state index is 12.9. The van der Waals surface area contributed by atoms with Crippen molar-refractivity contribution in [3.05, 3.63) is 36.3 Å². The lowest BCUT2D eigenvalue weighted by atomic mass is 10.1. The van der Waals surface area contributed by atoms with Crippen LogP contribution < -0.4 is 4.72 Å². The molecule has 0 bridgehead atoms. The predicted molar refractivity (Wildman–Crippen MR) is 103 cm³/mol. The van der Waals surface area contributed by atoms with Gasteiger partial charge in [0, 0.05) is 37.8 Å². The smallest absolute Gasteiger partial charge is 0.301 e. The fourth-order valence-electron chi connectivity index (χ4n) is 3.82. The third-order valence-corrected chi connectivity index (χ3v) is 6.78. The summed E-state index contributed by atoms with van der Waals surface area (Å²) < 4.78 is 32.3. The standard InChI is InChI=1S/C19H26N4O2S/c24-26(25,23-13-6-1-2-7-14-23)21-17-10-4-3-9-16(17)18-15-22-12-8-5-11-19(22)20-18/h3-4,9-10,15,21H,1-2,5-8,11-14H2. The zero-order chi connectivity index (χ0) is 18.0. The van der Waals surface area contributed by atoms with E-state index in [4.69, 9.17) is 4.98 Å². The van der Waals surface area contributed by atoms with Crippen molar-refractivity contribution in [3.63, 3.8) is 0 Å². The van der Waals surface area contributed by atoms with Crippen LogP contribution in [0.2, 0.25) is 0 Å². The van der Waals surface area contributed by atoms with E-state index in [0.717, 1.165) is 55.7 Å². The van der Waals surface area contributed by atoms with Gasteiger partial charge in [0.25, 0.3) is 0 Å². The summed E-state index contributed by atoms with van der Waals surface area (Å²) in [6.45, 7) is 2.18. The van der Waals surface area contributed by atoms with Crippen molar-refractivity contribution in [1.82, 2.24) is 13.9 Å². The first-order valence-corrected chi connectivity index (χ1v) is 11.0. The van der Waals surface area contributed by atoms with Crippen molar-refractivity contribution in [1.29, 1.82) is 0 Å². The Morgan fingerprint density at radius 1 is 0.923 bits per heavy atom. The number of aromatic nitrogens is 2. The average Bonchev–Trinajstić information content (AvgIpc) is 2.86. The highest BCUT2D eigenvalue weighted by molar-refractivity contribution is 7.90. The van der Waals surface area contributed by atoms with Crippen molar-refractivity contribution in [3.8, 4) is 11.3 Å². The van der Waals surface area contributed by atoms with Gasteiger partial charge in [0.1, 0.15) is 5.82 Å². The Morgan fingerprint density at radius 3 is 2.42 bits per heavy atom. The molecular formula is C19H26N4O2S. The largest absolute Gasteiger partial charge is 0.334 e. The Bertz CT molecular complexity index is 844. The molecule has 7 heteroatoms. The summed E-state index contributed by atoms with van der Waals surface area (Å²) in [5, 5.41) is 0. The molecule has 0 atom stereocenters. The summed E-state index contributed by atoms with van der Waals surface area (Å²) in [6, 6.07) is 7.55. The summed E-state index contributed by atoms with van der Waals surface area (Å²) in [4.78, 5) is 4.75. The number of hydrogen-bond donors (Lipinski definition) is 1. The first kappa shape index (κ1) is 17.5. The highest BCUT2D eigenvalue weighted by Crippen LogP contribution is 2.30. The van der Waals surface area contributed by atoms with E-state index in [1.807, 2.05) is 30.5 Å². The van der Waals surface area contributed by atoms with E-state index in [-0.39, 0.29) is 0 Å². The van der Waals surface area contributed by atoms with E-state index < -0.39 is 10.2 Å². The summed E-state index contributed by atoms with van der Waals surface area (Å²) in [7, 11) is -3.54. The number of benzene rings is 1. The quantitative estimate of drug-likeness (QED) is 0.892. The lowest BCUT2D eigenvalue weighted by molar-refractivity contribution is 0.427. The molecule has 4 rings (SSSR count). The second-order valence-corrected chi connectivity index (χ2v) is 8.83. The first-order valence-electron chi connectivity index (χ1n) is 9.57. The lowest BCUT2D eigenvalue weighted by Crippen LogP contribution is -2.36. The molecule has 2 aromatic rings. The maximum Gasteiger partial charge on any atom is 0.301 e. The predicted octanol–water partition coefficient (Wildman–Crippen LogP) is 3.42. The van der Waals surface area contributed by atoms with Crippen LogP contribution in [0.25, 0.3) is 11.3 Å². The molecule has 0 saturated carbocycles. The third kappa shape index (κ3) is 3.64. The Morgan fingerprint density at radius 2 is 1.65 bits per heavy atom. The van der Waals surface area contributed by atoms with Crippen molar-refractivity contribution in [2.24, 2.45) is 0 Å². The van der Waals surface area contributed by atoms with E-state index >= 15 is 0 Å². The number of imidazole rings is 1. The fourth-order valence-corrected chi connectivity index (χ4v) is 5.15. The fraction of sp³-hybridized carbons (Fsp3) is 0.526. The van der Waals surface area contributed by atoms with Crippen molar-refractivity contribution in [2.45, 2.75) is 51.5 Å². The van der Waals surface area contributed by atoms with Gasteiger partial charge >= 0.3 is 10.2 Å². The van der Waals surface area contributed by atoms with Crippen LogP contribution in [-0.4, -0.2) is 35.4 Å². The molecule has 1 aromatic carbocycles. The average molecular weight is 375 g/mol. The molecule has 6 nitrogen and oxygen atoms in total. The lowest BCUT2D eigenvalue weighted by Gasteiger charge is -2.21. The molecule has 1 saturated heterocycles. The van der Waals surface area contributed by atoms with E-state index in [2.05, 4.69) is 9.29 Å². The van der Waals surface area contributed by atoms with Crippen LogP contribution in [0.1, 0.15) is 44.3 Å². The molecule has 0 aliphatic carbocycles. The molecule has 3 heterocycles. The van der Waals surface area contributed by atoms with Gasteiger partial charge in [0.05, 0.1) is 11.4 Å². The monoisotopic (exact) mass is 374 g/mol. The van der Waals surface area contributed by atoms with E-state index in [9.17, 15) is 8.42 Å². The molecule has 1 fully saturated rings. The molecule has 1 N–H and O–H groups in total. The van der Waals surface area contributed by atoms with Gasteiger partial charge in [-0.3, -0.25) is 4.72 Å². The number of aryl methyl sites for hydroxylation is 2. The van der Waals surface area contributed by atoms with Gasteiger partial charge in [0.2, 0.25) is 0 Å². The second kappa shape index (κ2) is 7.40. The van der Waals surface area contributed by atoms with Crippen molar-refractivity contribution >= 4 is 15.9 Å².